The van der Waals surface area contributed by atoms with Crippen molar-refractivity contribution in [2.45, 2.75) is 53.5 Å². The van der Waals surface area contributed by atoms with Crippen molar-refractivity contribution in [1.82, 2.24) is 5.32 Å². The third-order valence-electron chi connectivity index (χ3n) is 8.46. The van der Waals surface area contributed by atoms with Crippen LogP contribution in [0.25, 0.3) is 16.7 Å². The zero-order valence-electron chi connectivity index (χ0n) is 26.2. The van der Waals surface area contributed by atoms with Gasteiger partial charge in [-0.25, -0.2) is 9.18 Å². The summed E-state index contributed by atoms with van der Waals surface area (Å²) in [7, 11) is 1.42. The molecule has 2 atom stereocenters. The second-order valence-electron chi connectivity index (χ2n) is 11.6. The Bertz CT molecular complexity index is 1690. The van der Waals surface area contributed by atoms with E-state index in [-0.39, 0.29) is 29.7 Å². The molecule has 44 heavy (non-hydrogen) atoms. The van der Waals surface area contributed by atoms with Crippen LogP contribution in [0.2, 0.25) is 0 Å². The standard InChI is InChI=1S/C38H40FNO4/c1-23(2)25(4)34-21-30(37(41)40-22-28-13-18-36(44-6)35(39)20-28)16-17-31(34)26(5)24(3)19-27-11-14-29(15-12-27)32-9-7-8-10-33(32)38(42)43/h7-18,20-21,24,26H,19,22H2,1-6H3,(H,40,41)(H,42,43). The van der Waals surface area contributed by atoms with E-state index < -0.39 is 11.8 Å². The molecule has 4 rings (SSSR count). The second kappa shape index (κ2) is 14.2. The van der Waals surface area contributed by atoms with Gasteiger partial charge in [0, 0.05) is 12.1 Å². The van der Waals surface area contributed by atoms with E-state index in [9.17, 15) is 19.1 Å². The van der Waals surface area contributed by atoms with Crippen molar-refractivity contribution in [1.29, 1.82) is 0 Å². The van der Waals surface area contributed by atoms with E-state index in [0.29, 0.717) is 22.6 Å². The van der Waals surface area contributed by atoms with Gasteiger partial charge in [-0.15, -0.1) is 0 Å². The summed E-state index contributed by atoms with van der Waals surface area (Å²) in [6, 6.07) is 25.7. The first-order valence-corrected chi connectivity index (χ1v) is 14.8. The highest BCUT2D eigenvalue weighted by molar-refractivity contribution is 5.96. The lowest BCUT2D eigenvalue weighted by Crippen LogP contribution is -2.23. The Morgan fingerprint density at radius 2 is 1.55 bits per heavy atom. The summed E-state index contributed by atoms with van der Waals surface area (Å²) in [6.45, 7) is 10.9. The molecule has 2 unspecified atom stereocenters. The first kappa shape index (κ1) is 32.2. The smallest absolute Gasteiger partial charge is 0.336 e. The van der Waals surface area contributed by atoms with Crippen LogP contribution in [0.3, 0.4) is 0 Å². The first-order chi connectivity index (χ1) is 21.0. The number of halogens is 1. The summed E-state index contributed by atoms with van der Waals surface area (Å²) >= 11 is 0. The number of allylic oxidation sites excluding steroid dienone is 2. The van der Waals surface area contributed by atoms with Crippen LogP contribution < -0.4 is 10.1 Å². The number of carboxylic acids is 1. The Kier molecular flexibility index (Phi) is 10.4. The molecule has 1 amide bonds. The summed E-state index contributed by atoms with van der Waals surface area (Å²) in [5, 5.41) is 12.5. The average Bonchev–Trinajstić information content (AvgIpc) is 3.02. The Hall–Kier alpha value is -4.71. The fourth-order valence-corrected chi connectivity index (χ4v) is 5.39. The maximum atomic E-state index is 14.1. The van der Waals surface area contributed by atoms with Gasteiger partial charge in [0.1, 0.15) is 0 Å². The summed E-state index contributed by atoms with van der Waals surface area (Å²) in [5.41, 5.74) is 8.77. The highest BCUT2D eigenvalue weighted by Crippen LogP contribution is 2.35. The lowest BCUT2D eigenvalue weighted by atomic mass is 9.80. The summed E-state index contributed by atoms with van der Waals surface area (Å²) in [4.78, 5) is 24.8. The molecule has 0 bridgehead atoms. The second-order valence-corrected chi connectivity index (χ2v) is 11.6. The van der Waals surface area contributed by atoms with Gasteiger partial charge in [0.2, 0.25) is 0 Å². The predicted molar refractivity (Wildman–Crippen MR) is 175 cm³/mol. The summed E-state index contributed by atoms with van der Waals surface area (Å²) in [6.07, 6.45) is 0.843. The minimum atomic E-state index is -0.939. The minimum Gasteiger partial charge on any atom is -0.494 e. The van der Waals surface area contributed by atoms with E-state index >= 15 is 0 Å². The lowest BCUT2D eigenvalue weighted by molar-refractivity contribution is 0.0697. The van der Waals surface area contributed by atoms with Crippen LogP contribution in [0, 0.1) is 11.7 Å². The molecule has 4 aromatic carbocycles. The monoisotopic (exact) mass is 593 g/mol. The SMILES string of the molecule is COc1ccc(CNC(=O)c2ccc(C(C)C(C)Cc3ccc(-c4ccccc4C(=O)O)cc3)c(C(C)=C(C)C)c2)cc1F. The third kappa shape index (κ3) is 7.43. The van der Waals surface area contributed by atoms with Gasteiger partial charge in [0.15, 0.2) is 11.6 Å². The van der Waals surface area contributed by atoms with Crippen molar-refractivity contribution in [3.8, 4) is 16.9 Å². The molecule has 0 spiro atoms. The van der Waals surface area contributed by atoms with Gasteiger partial charge in [0.25, 0.3) is 5.91 Å². The van der Waals surface area contributed by atoms with Gasteiger partial charge in [-0.05, 0) is 108 Å². The Labute approximate surface area is 259 Å². The van der Waals surface area contributed by atoms with Gasteiger partial charge in [-0.2, -0.15) is 0 Å². The normalized spacial score (nSPS) is 12.2. The molecule has 4 aromatic rings. The van der Waals surface area contributed by atoms with Crippen LogP contribution in [-0.2, 0) is 13.0 Å². The number of nitrogens with one attached hydrogen (secondary N) is 1. The number of benzene rings is 4. The molecule has 228 valence electrons. The van der Waals surface area contributed by atoms with E-state index in [1.807, 2.05) is 36.4 Å². The fraction of sp³-hybridized carbons (Fsp3) is 0.263. The molecular weight excluding hydrogens is 553 g/mol. The van der Waals surface area contributed by atoms with Crippen molar-refractivity contribution in [3.05, 3.63) is 130 Å². The zero-order valence-corrected chi connectivity index (χ0v) is 26.2. The molecule has 0 aromatic heterocycles. The van der Waals surface area contributed by atoms with Crippen molar-refractivity contribution >= 4 is 17.4 Å². The van der Waals surface area contributed by atoms with Crippen LogP contribution in [0.15, 0.2) is 90.5 Å². The topological polar surface area (TPSA) is 75.6 Å². The number of hydrogen-bond donors (Lipinski definition) is 2. The molecule has 6 heteroatoms. The average molecular weight is 594 g/mol. The van der Waals surface area contributed by atoms with Gasteiger partial charge in [0.05, 0.1) is 12.7 Å². The largest absolute Gasteiger partial charge is 0.494 e. The Morgan fingerprint density at radius 3 is 2.18 bits per heavy atom. The molecule has 0 saturated carbocycles. The van der Waals surface area contributed by atoms with E-state index in [2.05, 4.69) is 58.1 Å². The summed E-state index contributed by atoms with van der Waals surface area (Å²) < 4.78 is 19.1. The van der Waals surface area contributed by atoms with Gasteiger partial charge < -0.3 is 15.2 Å². The number of ether oxygens (including phenoxy) is 1. The highest BCUT2D eigenvalue weighted by Gasteiger charge is 2.21. The van der Waals surface area contributed by atoms with Crippen LogP contribution in [0.5, 0.6) is 5.75 Å². The highest BCUT2D eigenvalue weighted by atomic mass is 19.1. The van der Waals surface area contributed by atoms with E-state index in [1.165, 1.54) is 29.9 Å². The molecule has 0 fully saturated rings. The first-order valence-electron chi connectivity index (χ1n) is 14.8. The van der Waals surface area contributed by atoms with Crippen molar-refractivity contribution in [2.24, 2.45) is 5.92 Å². The molecule has 5 nitrogen and oxygen atoms in total. The van der Waals surface area contributed by atoms with Gasteiger partial charge in [-0.3, -0.25) is 4.79 Å². The predicted octanol–water partition coefficient (Wildman–Crippen LogP) is 8.93. The van der Waals surface area contributed by atoms with Gasteiger partial charge >= 0.3 is 5.97 Å². The Morgan fingerprint density at radius 1 is 0.864 bits per heavy atom. The van der Waals surface area contributed by atoms with Crippen molar-refractivity contribution in [3.63, 3.8) is 0 Å². The number of methoxy groups -OCH3 is 1. The molecule has 2 N–H and O–H groups in total. The molecule has 0 heterocycles. The minimum absolute atomic E-state index is 0.166. The number of aromatic carboxylic acids is 1. The van der Waals surface area contributed by atoms with E-state index in [4.69, 9.17) is 4.74 Å². The maximum absolute atomic E-state index is 14.1. The van der Waals surface area contributed by atoms with Crippen LogP contribution >= 0.6 is 0 Å². The van der Waals surface area contributed by atoms with E-state index in [0.717, 1.165) is 23.1 Å². The number of rotatable bonds is 11. The number of carboxylic acid groups (broad SMARTS) is 1. The zero-order chi connectivity index (χ0) is 32.0. The summed E-state index contributed by atoms with van der Waals surface area (Å²) in [5.74, 6) is -0.967. The maximum Gasteiger partial charge on any atom is 0.336 e. The van der Waals surface area contributed by atoms with Crippen LogP contribution in [0.1, 0.15) is 83.5 Å². The molecule has 0 aliphatic rings. The Balaban J connectivity index is 1.52. The van der Waals surface area contributed by atoms with Crippen molar-refractivity contribution in [2.75, 3.05) is 7.11 Å². The molecule has 0 aliphatic carbocycles. The fourth-order valence-electron chi connectivity index (χ4n) is 5.39. The number of hydrogen-bond acceptors (Lipinski definition) is 3. The third-order valence-corrected chi connectivity index (χ3v) is 8.46. The molecule has 0 saturated heterocycles. The van der Waals surface area contributed by atoms with E-state index in [1.54, 1.807) is 24.3 Å². The quantitative estimate of drug-likeness (QED) is 0.182. The van der Waals surface area contributed by atoms with Gasteiger partial charge in [-0.1, -0.05) is 74.0 Å². The molecular formula is C38H40FNO4. The molecule has 0 aliphatic heterocycles. The number of carbonyl (C=O) groups is 2. The van der Waals surface area contributed by atoms with Crippen LogP contribution in [0.4, 0.5) is 4.39 Å². The van der Waals surface area contributed by atoms with Crippen molar-refractivity contribution < 1.29 is 23.8 Å². The molecule has 0 radical (unpaired) electrons. The number of amides is 1. The number of carbonyl (C=O) groups excluding carboxylic acids is 1. The lowest BCUT2D eigenvalue weighted by Gasteiger charge is -2.25. The van der Waals surface area contributed by atoms with Crippen LogP contribution in [-0.4, -0.2) is 24.1 Å².